The fourth-order valence-corrected chi connectivity index (χ4v) is 2.92. The lowest BCUT2D eigenvalue weighted by Gasteiger charge is -2.06. The van der Waals surface area contributed by atoms with E-state index >= 15 is 0 Å². The van der Waals surface area contributed by atoms with Crippen molar-refractivity contribution in [1.82, 2.24) is 9.78 Å². The SMILES string of the molecule is O=C(O)c1ccc(S(=O)(=O)CCn2cccn2)c(F)c1. The summed E-state index contributed by atoms with van der Waals surface area (Å²) < 4.78 is 39.1. The maximum Gasteiger partial charge on any atom is 0.335 e. The fourth-order valence-electron chi connectivity index (χ4n) is 1.64. The molecule has 1 N–H and O–H groups in total. The van der Waals surface area contributed by atoms with Crippen molar-refractivity contribution in [3.8, 4) is 0 Å². The van der Waals surface area contributed by atoms with Gasteiger partial charge in [-0.3, -0.25) is 4.68 Å². The van der Waals surface area contributed by atoms with Gasteiger partial charge >= 0.3 is 5.97 Å². The highest BCUT2D eigenvalue weighted by Gasteiger charge is 2.20. The minimum absolute atomic E-state index is 0.0927. The van der Waals surface area contributed by atoms with Crippen LogP contribution in [0.1, 0.15) is 10.4 Å². The van der Waals surface area contributed by atoms with Gasteiger partial charge in [0.2, 0.25) is 0 Å². The van der Waals surface area contributed by atoms with E-state index in [1.807, 2.05) is 0 Å². The van der Waals surface area contributed by atoms with Crippen LogP contribution in [0.2, 0.25) is 0 Å². The van der Waals surface area contributed by atoms with E-state index in [-0.39, 0.29) is 17.9 Å². The van der Waals surface area contributed by atoms with Gasteiger partial charge in [-0.1, -0.05) is 0 Å². The second-order valence-corrected chi connectivity index (χ2v) is 6.12. The van der Waals surface area contributed by atoms with Gasteiger partial charge in [0.25, 0.3) is 0 Å². The van der Waals surface area contributed by atoms with Crippen molar-refractivity contribution in [1.29, 1.82) is 0 Å². The molecule has 0 atom stereocenters. The maximum absolute atomic E-state index is 13.7. The molecule has 0 radical (unpaired) electrons. The van der Waals surface area contributed by atoms with Gasteiger partial charge in [0.1, 0.15) is 10.7 Å². The van der Waals surface area contributed by atoms with Gasteiger partial charge in [0.05, 0.1) is 17.9 Å². The third-order valence-corrected chi connectivity index (χ3v) is 4.38. The highest BCUT2D eigenvalue weighted by Crippen LogP contribution is 2.18. The smallest absolute Gasteiger partial charge is 0.335 e. The van der Waals surface area contributed by atoms with Gasteiger partial charge in [0.15, 0.2) is 9.84 Å². The lowest BCUT2D eigenvalue weighted by Crippen LogP contribution is -2.15. The molecule has 0 saturated heterocycles. The van der Waals surface area contributed by atoms with Crippen molar-refractivity contribution >= 4 is 15.8 Å². The summed E-state index contributed by atoms with van der Waals surface area (Å²) in [5.74, 6) is -2.70. The Morgan fingerprint density at radius 3 is 2.70 bits per heavy atom. The number of rotatable bonds is 5. The van der Waals surface area contributed by atoms with Gasteiger partial charge in [-0.15, -0.1) is 0 Å². The number of aromatic carboxylic acids is 1. The molecule has 106 valence electrons. The van der Waals surface area contributed by atoms with E-state index in [0.29, 0.717) is 6.07 Å². The summed E-state index contributed by atoms with van der Waals surface area (Å²) in [6.07, 6.45) is 3.11. The lowest BCUT2D eigenvalue weighted by atomic mass is 10.2. The van der Waals surface area contributed by atoms with Crippen LogP contribution in [0.4, 0.5) is 4.39 Å². The predicted octanol–water partition coefficient (Wildman–Crippen LogP) is 1.19. The van der Waals surface area contributed by atoms with Crippen LogP contribution in [-0.2, 0) is 16.4 Å². The van der Waals surface area contributed by atoms with Crippen LogP contribution in [0.3, 0.4) is 0 Å². The van der Waals surface area contributed by atoms with Crippen LogP contribution in [0.15, 0.2) is 41.6 Å². The first-order chi connectivity index (χ1) is 9.40. The summed E-state index contributed by atoms with van der Waals surface area (Å²) in [5.41, 5.74) is -0.298. The molecular weight excluding hydrogens is 287 g/mol. The first-order valence-electron chi connectivity index (χ1n) is 5.63. The van der Waals surface area contributed by atoms with Crippen molar-refractivity contribution < 1.29 is 22.7 Å². The molecule has 0 amide bonds. The van der Waals surface area contributed by atoms with Gasteiger partial charge in [0, 0.05) is 12.4 Å². The standard InChI is InChI=1S/C12H11FN2O4S/c13-10-8-9(12(16)17)2-3-11(10)20(18,19)7-6-15-5-1-4-14-15/h1-5,8H,6-7H2,(H,16,17). The number of carboxylic acids is 1. The Morgan fingerprint density at radius 2 is 2.15 bits per heavy atom. The molecule has 0 aliphatic carbocycles. The van der Waals surface area contributed by atoms with E-state index in [1.165, 1.54) is 10.9 Å². The molecule has 0 spiro atoms. The quantitative estimate of drug-likeness (QED) is 0.895. The zero-order valence-corrected chi connectivity index (χ0v) is 11.0. The number of aryl methyl sites for hydroxylation is 1. The van der Waals surface area contributed by atoms with Crippen molar-refractivity contribution in [2.24, 2.45) is 0 Å². The molecule has 2 aromatic rings. The monoisotopic (exact) mass is 298 g/mol. The summed E-state index contributed by atoms with van der Waals surface area (Å²) in [7, 11) is -3.84. The largest absolute Gasteiger partial charge is 0.478 e. The van der Waals surface area contributed by atoms with E-state index < -0.39 is 26.5 Å². The molecule has 6 nitrogen and oxygen atoms in total. The zero-order chi connectivity index (χ0) is 14.8. The molecule has 0 fully saturated rings. The van der Waals surface area contributed by atoms with Crippen molar-refractivity contribution in [3.05, 3.63) is 48.0 Å². The second-order valence-electron chi connectivity index (χ2n) is 4.04. The Bertz CT molecular complexity index is 726. The number of hydrogen-bond acceptors (Lipinski definition) is 4. The number of aromatic nitrogens is 2. The number of nitrogens with zero attached hydrogens (tertiary/aromatic N) is 2. The normalized spacial score (nSPS) is 11.4. The number of benzene rings is 1. The van der Waals surface area contributed by atoms with Crippen LogP contribution in [0.5, 0.6) is 0 Å². The van der Waals surface area contributed by atoms with Gasteiger partial charge in [-0.05, 0) is 24.3 Å². The van der Waals surface area contributed by atoms with Crippen molar-refractivity contribution in [2.45, 2.75) is 11.4 Å². The maximum atomic E-state index is 13.7. The molecule has 1 heterocycles. The summed E-state index contributed by atoms with van der Waals surface area (Å²) in [6.45, 7) is 0.0927. The summed E-state index contributed by atoms with van der Waals surface area (Å²) >= 11 is 0. The second kappa shape index (κ2) is 5.41. The number of sulfone groups is 1. The fraction of sp³-hybridized carbons (Fsp3) is 0.167. The predicted molar refractivity (Wildman–Crippen MR) is 67.6 cm³/mol. The Balaban J connectivity index is 2.23. The van der Waals surface area contributed by atoms with Gasteiger partial charge < -0.3 is 5.11 Å². The van der Waals surface area contributed by atoms with E-state index in [1.54, 1.807) is 12.3 Å². The van der Waals surface area contributed by atoms with E-state index in [2.05, 4.69) is 5.10 Å². The molecule has 1 aromatic heterocycles. The Hall–Kier alpha value is -2.22. The first kappa shape index (κ1) is 14.2. The first-order valence-corrected chi connectivity index (χ1v) is 7.28. The number of hydrogen-bond donors (Lipinski definition) is 1. The molecule has 0 saturated carbocycles. The highest BCUT2D eigenvalue weighted by atomic mass is 32.2. The average Bonchev–Trinajstić information content (AvgIpc) is 2.89. The average molecular weight is 298 g/mol. The van der Waals surface area contributed by atoms with E-state index in [9.17, 15) is 17.6 Å². The van der Waals surface area contributed by atoms with Gasteiger partial charge in [-0.2, -0.15) is 5.10 Å². The number of carboxylic acid groups (broad SMARTS) is 1. The third kappa shape index (κ3) is 3.02. The summed E-state index contributed by atoms with van der Waals surface area (Å²) in [6, 6.07) is 4.38. The number of carbonyl (C=O) groups is 1. The highest BCUT2D eigenvalue weighted by molar-refractivity contribution is 7.91. The molecule has 8 heteroatoms. The van der Waals surface area contributed by atoms with E-state index in [4.69, 9.17) is 5.11 Å². The molecule has 0 bridgehead atoms. The minimum Gasteiger partial charge on any atom is -0.478 e. The topological polar surface area (TPSA) is 89.3 Å². The Morgan fingerprint density at radius 1 is 1.40 bits per heavy atom. The molecule has 20 heavy (non-hydrogen) atoms. The Kier molecular flexibility index (Phi) is 3.84. The van der Waals surface area contributed by atoms with Crippen LogP contribution in [0.25, 0.3) is 0 Å². The van der Waals surface area contributed by atoms with Crippen molar-refractivity contribution in [2.75, 3.05) is 5.75 Å². The Labute approximate surface area is 114 Å². The van der Waals surface area contributed by atoms with Crippen LogP contribution >= 0.6 is 0 Å². The molecule has 0 aliphatic heterocycles. The summed E-state index contributed by atoms with van der Waals surface area (Å²) in [5, 5.41) is 12.6. The van der Waals surface area contributed by atoms with Crippen LogP contribution in [0, 0.1) is 5.82 Å². The third-order valence-electron chi connectivity index (χ3n) is 2.66. The lowest BCUT2D eigenvalue weighted by molar-refractivity contribution is 0.0696. The molecule has 0 unspecified atom stereocenters. The van der Waals surface area contributed by atoms with Crippen LogP contribution < -0.4 is 0 Å². The molecule has 0 aliphatic rings. The van der Waals surface area contributed by atoms with Gasteiger partial charge in [-0.25, -0.2) is 17.6 Å². The molecule has 1 aromatic carbocycles. The zero-order valence-electron chi connectivity index (χ0n) is 10.2. The van der Waals surface area contributed by atoms with Crippen molar-refractivity contribution in [3.63, 3.8) is 0 Å². The molecule has 2 rings (SSSR count). The number of halogens is 1. The molecular formula is C12H11FN2O4S. The van der Waals surface area contributed by atoms with Crippen LogP contribution in [-0.4, -0.2) is 35.0 Å². The van der Waals surface area contributed by atoms with E-state index in [0.717, 1.165) is 12.1 Å². The summed E-state index contributed by atoms with van der Waals surface area (Å²) in [4.78, 5) is 10.2. The minimum atomic E-state index is -3.84.